The zero-order chi connectivity index (χ0) is 18.0. The monoisotopic (exact) mass is 470 g/mol. The van der Waals surface area contributed by atoms with Crippen LogP contribution in [0.15, 0.2) is 53.4 Å². The molecule has 0 aromatic heterocycles. The van der Waals surface area contributed by atoms with Gasteiger partial charge in [-0.25, -0.2) is 8.42 Å². The van der Waals surface area contributed by atoms with Crippen molar-refractivity contribution < 1.29 is 13.2 Å². The maximum absolute atomic E-state index is 12.9. The molecule has 1 aliphatic rings. The summed E-state index contributed by atoms with van der Waals surface area (Å²) in [5.74, 6) is -0.280. The molecule has 1 aliphatic heterocycles. The zero-order valence-electron chi connectivity index (χ0n) is 13.8. The summed E-state index contributed by atoms with van der Waals surface area (Å²) in [7, 11) is -3.68. The van der Waals surface area contributed by atoms with Gasteiger partial charge in [0.1, 0.15) is 6.04 Å². The van der Waals surface area contributed by atoms with E-state index in [1.54, 1.807) is 24.3 Å². The van der Waals surface area contributed by atoms with Crippen LogP contribution in [0.2, 0.25) is 0 Å². The molecule has 132 valence electrons. The number of hydrogen-bond acceptors (Lipinski definition) is 3. The number of carbonyl (C=O) groups excluding carboxylic acids is 1. The van der Waals surface area contributed by atoms with Gasteiger partial charge in [0, 0.05) is 10.1 Å². The molecule has 0 spiro atoms. The second kappa shape index (κ2) is 7.43. The topological polar surface area (TPSA) is 66.5 Å². The van der Waals surface area contributed by atoms with Crippen molar-refractivity contribution in [3.63, 3.8) is 0 Å². The first kappa shape index (κ1) is 18.3. The molecule has 1 heterocycles. The SMILES string of the molecule is Cc1ccc(S(=O)(=O)N2CCC[C@H]2C(=O)Nc2ccccc2I)cc1. The molecule has 0 unspecified atom stereocenters. The molecule has 1 N–H and O–H groups in total. The van der Waals surface area contributed by atoms with E-state index >= 15 is 0 Å². The van der Waals surface area contributed by atoms with E-state index in [-0.39, 0.29) is 10.8 Å². The van der Waals surface area contributed by atoms with Gasteiger partial charge in [-0.2, -0.15) is 4.31 Å². The van der Waals surface area contributed by atoms with Crippen LogP contribution in [0.5, 0.6) is 0 Å². The summed E-state index contributed by atoms with van der Waals surface area (Å²) >= 11 is 2.14. The number of anilines is 1. The van der Waals surface area contributed by atoms with Crippen molar-refractivity contribution in [3.8, 4) is 0 Å². The van der Waals surface area contributed by atoms with Crippen molar-refractivity contribution in [2.45, 2.75) is 30.7 Å². The van der Waals surface area contributed by atoms with E-state index in [4.69, 9.17) is 0 Å². The molecule has 25 heavy (non-hydrogen) atoms. The number of sulfonamides is 1. The Kier molecular flexibility index (Phi) is 5.45. The van der Waals surface area contributed by atoms with Crippen LogP contribution in [0.4, 0.5) is 5.69 Å². The molecule has 1 atom stereocenters. The van der Waals surface area contributed by atoms with Crippen molar-refractivity contribution in [1.82, 2.24) is 4.31 Å². The minimum atomic E-state index is -3.68. The van der Waals surface area contributed by atoms with Gasteiger partial charge in [-0.1, -0.05) is 29.8 Å². The highest BCUT2D eigenvalue weighted by Crippen LogP contribution is 2.28. The number of para-hydroxylation sites is 1. The normalized spacial score (nSPS) is 18.2. The second-order valence-corrected chi connectivity index (χ2v) is 9.11. The lowest BCUT2D eigenvalue weighted by Gasteiger charge is -2.23. The summed E-state index contributed by atoms with van der Waals surface area (Å²) < 4.78 is 28.1. The smallest absolute Gasteiger partial charge is 0.243 e. The molecule has 2 aromatic carbocycles. The number of halogens is 1. The molecule has 0 radical (unpaired) electrons. The third-order valence-electron chi connectivity index (χ3n) is 4.27. The highest BCUT2D eigenvalue weighted by atomic mass is 127. The predicted octanol–water partition coefficient (Wildman–Crippen LogP) is 3.39. The molecule has 5 nitrogen and oxygen atoms in total. The quantitative estimate of drug-likeness (QED) is 0.697. The van der Waals surface area contributed by atoms with E-state index < -0.39 is 16.1 Å². The maximum Gasteiger partial charge on any atom is 0.243 e. The molecule has 3 rings (SSSR count). The molecule has 1 fully saturated rings. The van der Waals surface area contributed by atoms with E-state index in [9.17, 15) is 13.2 Å². The summed E-state index contributed by atoms with van der Waals surface area (Å²) in [6.45, 7) is 2.27. The second-order valence-electron chi connectivity index (χ2n) is 6.06. The van der Waals surface area contributed by atoms with Gasteiger partial charge < -0.3 is 5.32 Å². The lowest BCUT2D eigenvalue weighted by atomic mass is 10.2. The number of rotatable bonds is 4. The van der Waals surface area contributed by atoms with Crippen molar-refractivity contribution >= 4 is 44.2 Å². The van der Waals surface area contributed by atoms with Gasteiger partial charge in [-0.15, -0.1) is 0 Å². The maximum atomic E-state index is 12.9. The average molecular weight is 470 g/mol. The number of benzene rings is 2. The Hall–Kier alpha value is -1.45. The summed E-state index contributed by atoms with van der Waals surface area (Å²) in [5.41, 5.74) is 1.70. The molecule has 0 aliphatic carbocycles. The van der Waals surface area contributed by atoms with Gasteiger partial charge in [0.05, 0.1) is 10.6 Å². The number of amides is 1. The van der Waals surface area contributed by atoms with E-state index in [1.807, 2.05) is 31.2 Å². The number of aryl methyl sites for hydroxylation is 1. The van der Waals surface area contributed by atoms with Gasteiger partial charge in [0.25, 0.3) is 0 Å². The van der Waals surface area contributed by atoms with Crippen LogP contribution >= 0.6 is 22.6 Å². The van der Waals surface area contributed by atoms with Gasteiger partial charge in [-0.05, 0) is 66.6 Å². The van der Waals surface area contributed by atoms with Crippen LogP contribution in [-0.2, 0) is 14.8 Å². The van der Waals surface area contributed by atoms with Crippen molar-refractivity contribution in [2.75, 3.05) is 11.9 Å². The molecular formula is C18H19IN2O3S. The Labute approximate surface area is 161 Å². The highest BCUT2D eigenvalue weighted by molar-refractivity contribution is 14.1. The molecule has 7 heteroatoms. The van der Waals surface area contributed by atoms with Crippen LogP contribution in [-0.4, -0.2) is 31.2 Å². The first-order valence-corrected chi connectivity index (χ1v) is 10.6. The van der Waals surface area contributed by atoms with Gasteiger partial charge >= 0.3 is 0 Å². The summed E-state index contributed by atoms with van der Waals surface area (Å²) in [4.78, 5) is 12.9. The van der Waals surface area contributed by atoms with E-state index in [0.717, 1.165) is 9.13 Å². The summed E-state index contributed by atoms with van der Waals surface area (Å²) in [5, 5.41) is 2.86. The lowest BCUT2D eigenvalue weighted by molar-refractivity contribution is -0.119. The Balaban J connectivity index is 1.83. The fourth-order valence-electron chi connectivity index (χ4n) is 2.91. The molecular weight excluding hydrogens is 451 g/mol. The minimum absolute atomic E-state index is 0.229. The Morgan fingerprint density at radius 2 is 1.84 bits per heavy atom. The molecule has 1 saturated heterocycles. The Morgan fingerprint density at radius 1 is 1.16 bits per heavy atom. The molecule has 0 bridgehead atoms. The molecule has 2 aromatic rings. The zero-order valence-corrected chi connectivity index (χ0v) is 16.7. The fraction of sp³-hybridized carbons (Fsp3) is 0.278. The standard InChI is InChI=1S/C18H19IN2O3S/c1-13-8-10-14(11-9-13)25(23,24)21-12-4-7-17(21)18(22)20-16-6-3-2-5-15(16)19/h2-3,5-6,8-11,17H,4,7,12H2,1H3,(H,20,22)/t17-/m0/s1. The van der Waals surface area contributed by atoms with E-state index in [1.165, 1.54) is 4.31 Å². The van der Waals surface area contributed by atoms with Crippen LogP contribution < -0.4 is 5.32 Å². The predicted molar refractivity (Wildman–Crippen MR) is 106 cm³/mol. The lowest BCUT2D eigenvalue weighted by Crippen LogP contribution is -2.43. The van der Waals surface area contributed by atoms with Crippen LogP contribution in [0, 0.1) is 10.5 Å². The molecule has 1 amide bonds. The van der Waals surface area contributed by atoms with Crippen LogP contribution in [0.1, 0.15) is 18.4 Å². The first-order valence-electron chi connectivity index (χ1n) is 8.03. The van der Waals surface area contributed by atoms with Gasteiger partial charge in [-0.3, -0.25) is 4.79 Å². The summed E-state index contributed by atoms with van der Waals surface area (Å²) in [6, 6.07) is 13.5. The van der Waals surface area contributed by atoms with Gasteiger partial charge in [0.2, 0.25) is 15.9 Å². The van der Waals surface area contributed by atoms with E-state index in [0.29, 0.717) is 25.1 Å². The fourth-order valence-corrected chi connectivity index (χ4v) is 5.09. The summed E-state index contributed by atoms with van der Waals surface area (Å²) in [6.07, 6.45) is 1.20. The minimum Gasteiger partial charge on any atom is -0.324 e. The van der Waals surface area contributed by atoms with Gasteiger partial charge in [0.15, 0.2) is 0 Å². The highest BCUT2D eigenvalue weighted by Gasteiger charge is 2.39. The average Bonchev–Trinajstić information content (AvgIpc) is 3.08. The van der Waals surface area contributed by atoms with E-state index in [2.05, 4.69) is 27.9 Å². The first-order chi connectivity index (χ1) is 11.9. The van der Waals surface area contributed by atoms with Crippen LogP contribution in [0.3, 0.4) is 0 Å². The number of hydrogen-bond donors (Lipinski definition) is 1. The number of carbonyl (C=O) groups is 1. The third-order valence-corrected chi connectivity index (χ3v) is 7.13. The largest absolute Gasteiger partial charge is 0.324 e. The number of nitrogens with one attached hydrogen (secondary N) is 1. The Morgan fingerprint density at radius 3 is 2.52 bits per heavy atom. The third kappa shape index (κ3) is 3.88. The van der Waals surface area contributed by atoms with Crippen LogP contribution in [0.25, 0.3) is 0 Å². The Bertz CT molecular complexity index is 881. The molecule has 0 saturated carbocycles. The van der Waals surface area contributed by atoms with Crippen molar-refractivity contribution in [3.05, 3.63) is 57.7 Å². The van der Waals surface area contributed by atoms with Crippen molar-refractivity contribution in [2.24, 2.45) is 0 Å². The number of nitrogens with zero attached hydrogens (tertiary/aromatic N) is 1. The van der Waals surface area contributed by atoms with Crippen molar-refractivity contribution in [1.29, 1.82) is 0 Å².